The largest absolute Gasteiger partial charge is 0.396 e. The maximum Gasteiger partial charge on any atom is 0.0981 e. The van der Waals surface area contributed by atoms with Crippen molar-refractivity contribution in [2.75, 3.05) is 6.61 Å². The van der Waals surface area contributed by atoms with Crippen LogP contribution in [0, 0.1) is 0 Å². The molecule has 0 aliphatic carbocycles. The normalized spacial score (nSPS) is 12.9. The third kappa shape index (κ3) is 2.55. The van der Waals surface area contributed by atoms with Crippen molar-refractivity contribution < 1.29 is 10.2 Å². The number of pyridine rings is 1. The zero-order valence-electron chi connectivity index (χ0n) is 6.44. The fraction of sp³-hybridized carbons (Fsp3) is 0.375. The lowest BCUT2D eigenvalue weighted by Crippen LogP contribution is -2.01. The van der Waals surface area contributed by atoms with E-state index in [0.717, 1.165) is 4.47 Å². The van der Waals surface area contributed by atoms with Gasteiger partial charge in [-0.3, -0.25) is 4.98 Å². The molecule has 4 heteroatoms. The van der Waals surface area contributed by atoms with E-state index in [4.69, 9.17) is 5.11 Å². The fourth-order valence-electron chi connectivity index (χ4n) is 0.855. The van der Waals surface area contributed by atoms with Gasteiger partial charge in [-0.2, -0.15) is 0 Å². The summed E-state index contributed by atoms with van der Waals surface area (Å²) >= 11 is 3.24. The molecule has 0 aliphatic heterocycles. The van der Waals surface area contributed by atoms with Gasteiger partial charge in [-0.05, 0) is 28.1 Å². The topological polar surface area (TPSA) is 53.4 Å². The number of hydrogen-bond acceptors (Lipinski definition) is 3. The number of rotatable bonds is 3. The molecule has 1 unspecified atom stereocenters. The highest BCUT2D eigenvalue weighted by Crippen LogP contribution is 2.15. The Morgan fingerprint density at radius 1 is 1.50 bits per heavy atom. The average molecular weight is 232 g/mol. The highest BCUT2D eigenvalue weighted by atomic mass is 79.9. The fourth-order valence-corrected chi connectivity index (χ4v) is 1.09. The summed E-state index contributed by atoms with van der Waals surface area (Å²) in [6.07, 6.45) is 1.29. The van der Waals surface area contributed by atoms with E-state index < -0.39 is 6.10 Å². The van der Waals surface area contributed by atoms with Crippen molar-refractivity contribution in [3.8, 4) is 0 Å². The summed E-state index contributed by atoms with van der Waals surface area (Å²) < 4.78 is 0.877. The SMILES string of the molecule is OCCC(O)c1ccc(Br)cn1. The van der Waals surface area contributed by atoms with Gasteiger partial charge in [0.1, 0.15) is 0 Å². The Labute approximate surface area is 79.2 Å². The van der Waals surface area contributed by atoms with Gasteiger partial charge in [0.2, 0.25) is 0 Å². The molecule has 0 fully saturated rings. The molecule has 1 aromatic rings. The number of aromatic nitrogens is 1. The van der Waals surface area contributed by atoms with Gasteiger partial charge in [-0.15, -0.1) is 0 Å². The molecule has 3 nitrogen and oxygen atoms in total. The third-order valence-corrected chi connectivity index (χ3v) is 1.96. The molecule has 12 heavy (non-hydrogen) atoms. The van der Waals surface area contributed by atoms with Crippen LogP contribution in [0.4, 0.5) is 0 Å². The summed E-state index contributed by atoms with van der Waals surface area (Å²) in [6.45, 7) is -0.0289. The molecule has 0 amide bonds. The number of aliphatic hydroxyl groups is 2. The summed E-state index contributed by atoms with van der Waals surface area (Å²) in [7, 11) is 0. The maximum absolute atomic E-state index is 9.37. The molecule has 1 aromatic heterocycles. The minimum absolute atomic E-state index is 0.0289. The number of hydrogen-bond donors (Lipinski definition) is 2. The predicted molar refractivity (Wildman–Crippen MR) is 48.6 cm³/mol. The molecule has 1 rings (SSSR count). The van der Waals surface area contributed by atoms with Crippen LogP contribution in [0.15, 0.2) is 22.8 Å². The molecule has 0 saturated carbocycles. The monoisotopic (exact) mass is 231 g/mol. The van der Waals surface area contributed by atoms with Crippen molar-refractivity contribution in [2.24, 2.45) is 0 Å². The van der Waals surface area contributed by atoms with Gasteiger partial charge in [0.25, 0.3) is 0 Å². The van der Waals surface area contributed by atoms with Crippen LogP contribution >= 0.6 is 15.9 Å². The van der Waals surface area contributed by atoms with Crippen LogP contribution in [-0.4, -0.2) is 21.8 Å². The van der Waals surface area contributed by atoms with Gasteiger partial charge in [-0.1, -0.05) is 0 Å². The van der Waals surface area contributed by atoms with E-state index in [1.54, 1.807) is 12.3 Å². The quantitative estimate of drug-likeness (QED) is 0.824. The molecule has 2 N–H and O–H groups in total. The van der Waals surface area contributed by atoms with Crippen molar-refractivity contribution in [3.63, 3.8) is 0 Å². The first-order valence-electron chi connectivity index (χ1n) is 3.64. The van der Waals surface area contributed by atoms with Crippen molar-refractivity contribution in [1.82, 2.24) is 4.98 Å². The van der Waals surface area contributed by atoms with Gasteiger partial charge < -0.3 is 10.2 Å². The standard InChI is InChI=1S/C8H10BrNO2/c9-6-1-2-7(10-5-6)8(12)3-4-11/h1-2,5,8,11-12H,3-4H2. The van der Waals surface area contributed by atoms with Gasteiger partial charge in [-0.25, -0.2) is 0 Å². The molecular weight excluding hydrogens is 222 g/mol. The van der Waals surface area contributed by atoms with Crippen molar-refractivity contribution in [1.29, 1.82) is 0 Å². The van der Waals surface area contributed by atoms with Crippen LogP contribution in [0.25, 0.3) is 0 Å². The Kier molecular flexibility index (Phi) is 3.65. The van der Waals surface area contributed by atoms with E-state index in [1.165, 1.54) is 0 Å². The maximum atomic E-state index is 9.37. The molecule has 0 saturated heterocycles. The molecule has 0 aliphatic rings. The first-order valence-corrected chi connectivity index (χ1v) is 4.43. The Morgan fingerprint density at radius 2 is 2.25 bits per heavy atom. The second-order valence-electron chi connectivity index (χ2n) is 2.43. The average Bonchev–Trinajstić information content (AvgIpc) is 2.06. The van der Waals surface area contributed by atoms with Crippen LogP contribution in [0.1, 0.15) is 18.2 Å². The zero-order chi connectivity index (χ0) is 8.97. The van der Waals surface area contributed by atoms with Crippen LogP contribution in [0.3, 0.4) is 0 Å². The highest BCUT2D eigenvalue weighted by Gasteiger charge is 2.06. The molecule has 0 aromatic carbocycles. The molecule has 0 radical (unpaired) electrons. The Bertz CT molecular complexity index is 237. The second-order valence-corrected chi connectivity index (χ2v) is 3.35. The van der Waals surface area contributed by atoms with Crippen LogP contribution < -0.4 is 0 Å². The lowest BCUT2D eigenvalue weighted by molar-refractivity contribution is 0.130. The summed E-state index contributed by atoms with van der Waals surface area (Å²) in [5.74, 6) is 0. The number of halogens is 1. The highest BCUT2D eigenvalue weighted by molar-refractivity contribution is 9.10. The van der Waals surface area contributed by atoms with Crippen molar-refractivity contribution >= 4 is 15.9 Å². The minimum Gasteiger partial charge on any atom is -0.396 e. The first kappa shape index (κ1) is 9.64. The Balaban J connectivity index is 2.68. The van der Waals surface area contributed by atoms with Gasteiger partial charge >= 0.3 is 0 Å². The third-order valence-electron chi connectivity index (χ3n) is 1.49. The number of nitrogens with zero attached hydrogens (tertiary/aromatic N) is 1. The Morgan fingerprint density at radius 3 is 2.75 bits per heavy atom. The van der Waals surface area contributed by atoms with E-state index in [2.05, 4.69) is 20.9 Å². The molecule has 0 spiro atoms. The first-order chi connectivity index (χ1) is 5.74. The van der Waals surface area contributed by atoms with Crippen molar-refractivity contribution in [3.05, 3.63) is 28.5 Å². The molecule has 66 valence electrons. The Hall–Kier alpha value is -0.450. The van der Waals surface area contributed by atoms with E-state index >= 15 is 0 Å². The molecule has 1 heterocycles. The van der Waals surface area contributed by atoms with Crippen LogP contribution in [-0.2, 0) is 0 Å². The second kappa shape index (κ2) is 4.54. The summed E-state index contributed by atoms with van der Waals surface area (Å²) in [4.78, 5) is 3.99. The van der Waals surface area contributed by atoms with Gasteiger partial charge in [0.15, 0.2) is 0 Å². The molecule has 0 bridgehead atoms. The van der Waals surface area contributed by atoms with Crippen LogP contribution in [0.2, 0.25) is 0 Å². The van der Waals surface area contributed by atoms with Gasteiger partial charge in [0, 0.05) is 23.7 Å². The molecule has 1 atom stereocenters. The predicted octanol–water partition coefficient (Wildman–Crippen LogP) is 1.26. The number of aliphatic hydroxyl groups excluding tert-OH is 2. The summed E-state index contributed by atoms with van der Waals surface area (Å²) in [6, 6.07) is 3.54. The van der Waals surface area contributed by atoms with E-state index in [9.17, 15) is 5.11 Å². The smallest absolute Gasteiger partial charge is 0.0981 e. The lowest BCUT2D eigenvalue weighted by Gasteiger charge is -2.07. The molecular formula is C8H10BrNO2. The summed E-state index contributed by atoms with van der Waals surface area (Å²) in [5.41, 5.74) is 0.590. The van der Waals surface area contributed by atoms with Crippen molar-refractivity contribution in [2.45, 2.75) is 12.5 Å². The van der Waals surface area contributed by atoms with E-state index in [1.807, 2.05) is 6.07 Å². The minimum atomic E-state index is -0.664. The van der Waals surface area contributed by atoms with E-state index in [-0.39, 0.29) is 6.61 Å². The van der Waals surface area contributed by atoms with Crippen LogP contribution in [0.5, 0.6) is 0 Å². The zero-order valence-corrected chi connectivity index (χ0v) is 8.03. The van der Waals surface area contributed by atoms with Gasteiger partial charge in [0.05, 0.1) is 11.8 Å². The summed E-state index contributed by atoms with van der Waals surface area (Å²) in [5, 5.41) is 17.9. The lowest BCUT2D eigenvalue weighted by atomic mass is 10.2. The van der Waals surface area contributed by atoms with E-state index in [0.29, 0.717) is 12.1 Å².